The first-order valence-corrected chi connectivity index (χ1v) is 12.0. The Hall–Kier alpha value is -2.45. The summed E-state index contributed by atoms with van der Waals surface area (Å²) in [7, 11) is -3.82. The summed E-state index contributed by atoms with van der Waals surface area (Å²) in [6.07, 6.45) is 1.78. The number of hydrogen-bond acceptors (Lipinski definition) is 5. The van der Waals surface area contributed by atoms with Crippen molar-refractivity contribution >= 4 is 21.8 Å². The molecule has 3 rings (SSSR count). The van der Waals surface area contributed by atoms with Gasteiger partial charge in [0.1, 0.15) is 6.04 Å². The fourth-order valence-corrected chi connectivity index (χ4v) is 5.99. The van der Waals surface area contributed by atoms with E-state index in [1.54, 1.807) is 24.3 Å². The van der Waals surface area contributed by atoms with Crippen molar-refractivity contribution < 1.29 is 22.7 Å². The SMILES string of the molecule is Cc1cc(C(=O)COC(=O)C2CCCCN2S(=O)(=O)c2ccccc2)c(C)n1C(C)C. The smallest absolute Gasteiger partial charge is 0.324 e. The highest BCUT2D eigenvalue weighted by Crippen LogP contribution is 2.26. The average molecular weight is 447 g/mol. The summed E-state index contributed by atoms with van der Waals surface area (Å²) >= 11 is 0. The van der Waals surface area contributed by atoms with E-state index in [4.69, 9.17) is 4.74 Å². The molecule has 7 nitrogen and oxygen atoms in total. The van der Waals surface area contributed by atoms with E-state index in [9.17, 15) is 18.0 Å². The van der Waals surface area contributed by atoms with E-state index in [1.165, 1.54) is 16.4 Å². The maximum atomic E-state index is 13.1. The van der Waals surface area contributed by atoms with Gasteiger partial charge in [0.05, 0.1) is 4.90 Å². The van der Waals surface area contributed by atoms with E-state index in [2.05, 4.69) is 4.57 Å². The number of hydrogen-bond donors (Lipinski definition) is 0. The molecule has 0 aliphatic carbocycles. The Kier molecular flexibility index (Phi) is 7.01. The first-order chi connectivity index (χ1) is 14.6. The number of piperidine rings is 1. The highest BCUT2D eigenvalue weighted by molar-refractivity contribution is 7.89. The van der Waals surface area contributed by atoms with Crippen LogP contribution in [0.2, 0.25) is 0 Å². The number of aryl methyl sites for hydroxylation is 1. The number of ketones is 1. The molecule has 1 aliphatic rings. The Labute approximate surface area is 184 Å². The number of ether oxygens (including phenoxy) is 1. The van der Waals surface area contributed by atoms with Crippen molar-refractivity contribution in [2.75, 3.05) is 13.2 Å². The van der Waals surface area contributed by atoms with Gasteiger partial charge in [-0.05, 0) is 65.2 Å². The minimum absolute atomic E-state index is 0.145. The molecule has 1 aliphatic heterocycles. The highest BCUT2D eigenvalue weighted by atomic mass is 32.2. The molecule has 1 atom stereocenters. The second-order valence-electron chi connectivity index (χ2n) is 8.22. The van der Waals surface area contributed by atoms with Gasteiger partial charge in [-0.2, -0.15) is 4.31 Å². The van der Waals surface area contributed by atoms with Crippen LogP contribution in [-0.2, 0) is 19.6 Å². The van der Waals surface area contributed by atoms with Gasteiger partial charge in [0.25, 0.3) is 0 Å². The second kappa shape index (κ2) is 9.36. The molecule has 1 aromatic carbocycles. The molecule has 1 aromatic heterocycles. The molecule has 31 heavy (non-hydrogen) atoms. The topological polar surface area (TPSA) is 85.7 Å². The molecule has 0 saturated carbocycles. The van der Waals surface area contributed by atoms with Gasteiger partial charge < -0.3 is 9.30 Å². The summed E-state index contributed by atoms with van der Waals surface area (Å²) in [5.74, 6) is -0.966. The Morgan fingerprint density at radius 1 is 1.13 bits per heavy atom. The van der Waals surface area contributed by atoms with E-state index in [0.717, 1.165) is 17.8 Å². The van der Waals surface area contributed by atoms with E-state index in [0.29, 0.717) is 18.4 Å². The third-order valence-electron chi connectivity index (χ3n) is 5.72. The number of carbonyl (C=O) groups is 2. The number of Topliss-reactive ketones (excluding diaryl/α,β-unsaturated/α-hetero) is 1. The van der Waals surface area contributed by atoms with Crippen molar-refractivity contribution in [2.24, 2.45) is 0 Å². The van der Waals surface area contributed by atoms with Crippen molar-refractivity contribution in [3.05, 3.63) is 53.3 Å². The largest absolute Gasteiger partial charge is 0.456 e. The molecule has 2 heterocycles. The van der Waals surface area contributed by atoms with Gasteiger partial charge in [-0.15, -0.1) is 0 Å². The summed E-state index contributed by atoms with van der Waals surface area (Å²) in [5.41, 5.74) is 2.32. The average Bonchev–Trinajstić information content (AvgIpc) is 3.06. The van der Waals surface area contributed by atoms with Crippen molar-refractivity contribution in [2.45, 2.75) is 63.9 Å². The van der Waals surface area contributed by atoms with Crippen molar-refractivity contribution in [3.8, 4) is 0 Å². The Morgan fingerprint density at radius 3 is 2.42 bits per heavy atom. The lowest BCUT2D eigenvalue weighted by Crippen LogP contribution is -2.48. The number of carbonyl (C=O) groups excluding carboxylic acids is 2. The fourth-order valence-electron chi connectivity index (χ4n) is 4.32. The van der Waals surface area contributed by atoms with E-state index in [-0.39, 0.29) is 23.3 Å². The first kappa shape index (κ1) is 23.2. The molecule has 1 unspecified atom stereocenters. The van der Waals surface area contributed by atoms with E-state index < -0.39 is 28.6 Å². The Balaban J connectivity index is 1.73. The zero-order valence-electron chi connectivity index (χ0n) is 18.5. The molecule has 1 saturated heterocycles. The molecule has 1 fully saturated rings. The molecule has 8 heteroatoms. The Bertz CT molecular complexity index is 1060. The summed E-state index contributed by atoms with van der Waals surface area (Å²) < 4.78 is 34.7. The maximum absolute atomic E-state index is 13.1. The third kappa shape index (κ3) is 4.75. The van der Waals surface area contributed by atoms with Crippen LogP contribution in [0, 0.1) is 13.8 Å². The molecule has 2 aromatic rings. The zero-order chi connectivity index (χ0) is 22.8. The summed E-state index contributed by atoms with van der Waals surface area (Å²) in [6, 6.07) is 9.16. The standard InChI is InChI=1S/C23H30N2O5S/c1-16(2)25-17(3)14-20(18(25)4)22(26)15-30-23(27)21-12-8-9-13-24(21)31(28,29)19-10-6-5-7-11-19/h5-7,10-11,14,16,21H,8-9,12-13,15H2,1-4H3. The predicted molar refractivity (Wildman–Crippen MR) is 118 cm³/mol. The number of rotatable bonds is 7. The quantitative estimate of drug-likeness (QED) is 0.479. The number of aromatic nitrogens is 1. The van der Waals surface area contributed by atoms with Crippen LogP contribution >= 0.6 is 0 Å². The third-order valence-corrected chi connectivity index (χ3v) is 7.64. The lowest BCUT2D eigenvalue weighted by Gasteiger charge is -2.32. The summed E-state index contributed by atoms with van der Waals surface area (Å²) in [6.45, 7) is 7.73. The number of benzene rings is 1. The van der Waals surface area contributed by atoms with Crippen LogP contribution in [0.5, 0.6) is 0 Å². The number of esters is 1. The summed E-state index contributed by atoms with van der Waals surface area (Å²) in [5, 5.41) is 0. The zero-order valence-corrected chi connectivity index (χ0v) is 19.3. The van der Waals surface area contributed by atoms with Gasteiger partial charge in [-0.1, -0.05) is 18.2 Å². The molecule has 168 valence electrons. The predicted octanol–water partition coefficient (Wildman–Crippen LogP) is 3.66. The highest BCUT2D eigenvalue weighted by Gasteiger charge is 2.38. The van der Waals surface area contributed by atoms with Crippen molar-refractivity contribution in [3.63, 3.8) is 0 Å². The molecular weight excluding hydrogens is 416 g/mol. The fraction of sp³-hybridized carbons (Fsp3) is 0.478. The summed E-state index contributed by atoms with van der Waals surface area (Å²) in [4.78, 5) is 25.7. The van der Waals surface area contributed by atoms with Gasteiger partial charge in [-0.3, -0.25) is 9.59 Å². The van der Waals surface area contributed by atoms with Gasteiger partial charge in [0.15, 0.2) is 6.61 Å². The Morgan fingerprint density at radius 2 is 1.81 bits per heavy atom. The normalized spacial score (nSPS) is 17.6. The maximum Gasteiger partial charge on any atom is 0.324 e. The lowest BCUT2D eigenvalue weighted by atomic mass is 10.1. The second-order valence-corrected chi connectivity index (χ2v) is 10.1. The van der Waals surface area contributed by atoms with Crippen LogP contribution in [-0.4, -0.2) is 48.2 Å². The van der Waals surface area contributed by atoms with Crippen LogP contribution in [0.1, 0.15) is 60.9 Å². The first-order valence-electron chi connectivity index (χ1n) is 10.6. The van der Waals surface area contributed by atoms with Gasteiger partial charge in [0, 0.05) is 29.5 Å². The van der Waals surface area contributed by atoms with E-state index >= 15 is 0 Å². The van der Waals surface area contributed by atoms with Crippen LogP contribution in [0.15, 0.2) is 41.3 Å². The minimum Gasteiger partial charge on any atom is -0.456 e. The van der Waals surface area contributed by atoms with Crippen LogP contribution in [0.25, 0.3) is 0 Å². The lowest BCUT2D eigenvalue weighted by molar-refractivity contribution is -0.148. The molecular formula is C23H30N2O5S. The monoisotopic (exact) mass is 446 g/mol. The molecule has 0 spiro atoms. The van der Waals surface area contributed by atoms with Gasteiger partial charge in [0.2, 0.25) is 15.8 Å². The van der Waals surface area contributed by atoms with Crippen LogP contribution in [0.4, 0.5) is 0 Å². The van der Waals surface area contributed by atoms with Crippen molar-refractivity contribution in [1.29, 1.82) is 0 Å². The molecule has 0 N–H and O–H groups in total. The van der Waals surface area contributed by atoms with Crippen LogP contribution in [0.3, 0.4) is 0 Å². The molecule has 0 bridgehead atoms. The number of nitrogens with zero attached hydrogens (tertiary/aromatic N) is 2. The molecule has 0 amide bonds. The molecule has 0 radical (unpaired) electrons. The van der Waals surface area contributed by atoms with Crippen LogP contribution < -0.4 is 0 Å². The van der Waals surface area contributed by atoms with Gasteiger partial charge in [-0.25, -0.2) is 8.42 Å². The van der Waals surface area contributed by atoms with Crippen molar-refractivity contribution in [1.82, 2.24) is 8.87 Å². The minimum atomic E-state index is -3.82. The van der Waals surface area contributed by atoms with Gasteiger partial charge >= 0.3 is 5.97 Å². The number of sulfonamides is 1. The van der Waals surface area contributed by atoms with E-state index in [1.807, 2.05) is 27.7 Å².